The molecule has 1 aromatic heterocycles. The van der Waals surface area contributed by atoms with E-state index in [0.29, 0.717) is 27.9 Å². The van der Waals surface area contributed by atoms with Crippen LogP contribution in [-0.2, 0) is 16.0 Å². The van der Waals surface area contributed by atoms with Gasteiger partial charge in [-0.1, -0.05) is 47.5 Å². The molecule has 2 heterocycles. The van der Waals surface area contributed by atoms with Crippen LogP contribution < -0.4 is 5.32 Å². The van der Waals surface area contributed by atoms with Gasteiger partial charge in [0.25, 0.3) is 5.91 Å². The fourth-order valence-corrected chi connectivity index (χ4v) is 3.52. The van der Waals surface area contributed by atoms with E-state index in [-0.39, 0.29) is 5.91 Å². The number of nitrogens with one attached hydrogen (secondary N) is 2. The number of H-pyrrole nitrogens is 1. The Morgan fingerprint density at radius 3 is 2.83 bits per heavy atom. The van der Waals surface area contributed by atoms with Gasteiger partial charge < -0.3 is 15.0 Å². The second kappa shape index (κ2) is 7.89. The Kier molecular flexibility index (Phi) is 5.30. The van der Waals surface area contributed by atoms with Crippen molar-refractivity contribution < 1.29 is 14.3 Å². The van der Waals surface area contributed by atoms with Crippen molar-refractivity contribution in [2.75, 3.05) is 0 Å². The predicted molar refractivity (Wildman–Crippen MR) is 110 cm³/mol. The highest BCUT2D eigenvalue weighted by molar-refractivity contribution is 6.42. The number of hydrogen-bond donors (Lipinski definition) is 2. The van der Waals surface area contributed by atoms with Gasteiger partial charge in [-0.25, -0.2) is 9.78 Å². The maximum absolute atomic E-state index is 12.6. The van der Waals surface area contributed by atoms with Crippen molar-refractivity contribution in [1.82, 2.24) is 15.3 Å². The maximum atomic E-state index is 12.6. The molecule has 0 aliphatic carbocycles. The molecule has 3 aromatic rings. The lowest BCUT2D eigenvalue weighted by molar-refractivity contribution is -0.131. The van der Waals surface area contributed by atoms with Crippen LogP contribution in [0.3, 0.4) is 0 Å². The van der Waals surface area contributed by atoms with Crippen LogP contribution in [0.4, 0.5) is 0 Å². The molecule has 8 heteroatoms. The molecule has 0 saturated carbocycles. The molecule has 2 aromatic carbocycles. The summed E-state index contributed by atoms with van der Waals surface area (Å²) in [5.41, 5.74) is 2.88. The molecule has 2 N–H and O–H groups in total. The number of aromatic nitrogens is 2. The molecule has 0 spiro atoms. The van der Waals surface area contributed by atoms with Crippen molar-refractivity contribution in [1.29, 1.82) is 0 Å². The molecule has 0 bridgehead atoms. The summed E-state index contributed by atoms with van der Waals surface area (Å²) in [7, 11) is 0. The number of amides is 1. The Balaban J connectivity index is 1.45. The number of aromatic amines is 1. The van der Waals surface area contributed by atoms with E-state index in [1.165, 1.54) is 0 Å². The number of halogens is 2. The highest BCUT2D eigenvalue weighted by atomic mass is 35.5. The third kappa shape index (κ3) is 3.99. The van der Waals surface area contributed by atoms with E-state index in [1.807, 2.05) is 18.2 Å². The van der Waals surface area contributed by atoms with Crippen LogP contribution in [0.15, 0.2) is 48.7 Å². The van der Waals surface area contributed by atoms with Crippen LogP contribution in [-0.4, -0.2) is 27.9 Å². The number of imidazole rings is 1. The zero-order valence-corrected chi connectivity index (χ0v) is 16.9. The van der Waals surface area contributed by atoms with Gasteiger partial charge in [0.05, 0.1) is 33.5 Å². The van der Waals surface area contributed by atoms with Crippen molar-refractivity contribution in [3.63, 3.8) is 0 Å². The fourth-order valence-electron chi connectivity index (χ4n) is 3.22. The first kappa shape index (κ1) is 19.5. The zero-order chi connectivity index (χ0) is 20.5. The van der Waals surface area contributed by atoms with Crippen molar-refractivity contribution >= 4 is 35.1 Å². The quantitative estimate of drug-likeness (QED) is 0.603. The van der Waals surface area contributed by atoms with Crippen LogP contribution in [0.5, 0.6) is 0 Å². The molecule has 1 aliphatic heterocycles. The zero-order valence-electron chi connectivity index (χ0n) is 15.4. The molecule has 1 amide bonds. The number of hydrogen-bond acceptors (Lipinski definition) is 4. The third-order valence-corrected chi connectivity index (χ3v) is 5.52. The minimum absolute atomic E-state index is 0.340. The minimum atomic E-state index is -0.871. The summed E-state index contributed by atoms with van der Waals surface area (Å²) in [5.74, 6) is -0.283. The number of fused-ring (bicyclic) bond motifs is 1. The van der Waals surface area contributed by atoms with Gasteiger partial charge in [0.15, 0.2) is 6.10 Å². The van der Waals surface area contributed by atoms with Crippen LogP contribution in [0, 0.1) is 0 Å². The highest BCUT2D eigenvalue weighted by Gasteiger charge is 2.32. The topological polar surface area (TPSA) is 84.1 Å². The number of nitrogens with zero attached hydrogens (tertiary/aromatic N) is 1. The summed E-state index contributed by atoms with van der Waals surface area (Å²) in [6, 6.07) is 12.0. The molecule has 0 saturated heterocycles. The molecular weight excluding hydrogens is 413 g/mol. The number of esters is 1. The van der Waals surface area contributed by atoms with Gasteiger partial charge in [0.2, 0.25) is 0 Å². The standard InChI is InChI=1S/C21H17Cl2N3O3/c1-11(19-24-10-17(26-19)13-6-7-15(22)16(23)8-13)25-20(27)18-9-12-4-2-3-5-14(12)21(28)29-18/h2-8,10-11,18H,9H2,1H3,(H,24,26)(H,25,27). The van der Waals surface area contributed by atoms with Crippen molar-refractivity contribution in [2.45, 2.75) is 25.5 Å². The maximum Gasteiger partial charge on any atom is 0.339 e. The van der Waals surface area contributed by atoms with E-state index in [9.17, 15) is 9.59 Å². The third-order valence-electron chi connectivity index (χ3n) is 4.78. The molecule has 0 radical (unpaired) electrons. The van der Waals surface area contributed by atoms with Gasteiger partial charge in [-0.2, -0.15) is 0 Å². The lowest BCUT2D eigenvalue weighted by Gasteiger charge is -2.24. The van der Waals surface area contributed by atoms with E-state index >= 15 is 0 Å². The number of benzene rings is 2. The molecular formula is C21H17Cl2N3O3. The van der Waals surface area contributed by atoms with E-state index < -0.39 is 18.1 Å². The number of cyclic esters (lactones) is 1. The van der Waals surface area contributed by atoms with Crippen molar-refractivity contribution in [2.24, 2.45) is 0 Å². The average molecular weight is 430 g/mol. The molecule has 2 unspecified atom stereocenters. The molecule has 2 atom stereocenters. The summed E-state index contributed by atoms with van der Waals surface area (Å²) < 4.78 is 5.30. The molecule has 6 nitrogen and oxygen atoms in total. The van der Waals surface area contributed by atoms with Gasteiger partial charge in [0.1, 0.15) is 5.82 Å². The molecule has 29 heavy (non-hydrogen) atoms. The molecule has 0 fully saturated rings. The SMILES string of the molecule is CC(NC(=O)C1Cc2ccccc2C(=O)O1)c1ncc(-c2ccc(Cl)c(Cl)c2)[nH]1. The normalized spacial score (nSPS) is 16.7. The van der Waals surface area contributed by atoms with E-state index in [2.05, 4.69) is 15.3 Å². The predicted octanol–water partition coefficient (Wildman–Crippen LogP) is 4.34. The van der Waals surface area contributed by atoms with Gasteiger partial charge >= 0.3 is 5.97 Å². The van der Waals surface area contributed by atoms with E-state index in [0.717, 1.165) is 16.8 Å². The van der Waals surface area contributed by atoms with E-state index in [1.54, 1.807) is 37.4 Å². The first-order valence-corrected chi connectivity index (χ1v) is 9.77. The number of ether oxygens (including phenoxy) is 1. The summed E-state index contributed by atoms with van der Waals surface area (Å²) in [6.07, 6.45) is 1.13. The van der Waals surface area contributed by atoms with Crippen LogP contribution in [0.2, 0.25) is 10.0 Å². The van der Waals surface area contributed by atoms with Crippen LogP contribution in [0.1, 0.15) is 34.7 Å². The monoisotopic (exact) mass is 429 g/mol. The van der Waals surface area contributed by atoms with E-state index in [4.69, 9.17) is 27.9 Å². The lowest BCUT2D eigenvalue weighted by Crippen LogP contribution is -2.42. The molecule has 4 rings (SSSR count). The van der Waals surface area contributed by atoms with Gasteiger partial charge in [-0.3, -0.25) is 4.79 Å². The molecule has 148 valence electrons. The summed E-state index contributed by atoms with van der Waals surface area (Å²) in [5, 5.41) is 3.76. The molecule has 1 aliphatic rings. The largest absolute Gasteiger partial charge is 0.448 e. The Bertz CT molecular complexity index is 1100. The second-order valence-corrected chi connectivity index (χ2v) is 7.61. The Morgan fingerprint density at radius 2 is 2.03 bits per heavy atom. The number of carbonyl (C=O) groups excluding carboxylic acids is 2. The summed E-state index contributed by atoms with van der Waals surface area (Å²) in [6.45, 7) is 1.80. The first-order valence-electron chi connectivity index (χ1n) is 9.02. The Hall–Kier alpha value is -2.83. The lowest BCUT2D eigenvalue weighted by atomic mass is 9.98. The summed E-state index contributed by atoms with van der Waals surface area (Å²) in [4.78, 5) is 32.3. The number of rotatable bonds is 4. The summed E-state index contributed by atoms with van der Waals surface area (Å²) >= 11 is 12.0. The average Bonchev–Trinajstić information content (AvgIpc) is 3.20. The van der Waals surface area contributed by atoms with Crippen molar-refractivity contribution in [3.8, 4) is 11.3 Å². The highest BCUT2D eigenvalue weighted by Crippen LogP contribution is 2.28. The fraction of sp³-hybridized carbons (Fsp3) is 0.190. The van der Waals surface area contributed by atoms with Crippen LogP contribution in [0.25, 0.3) is 11.3 Å². The van der Waals surface area contributed by atoms with Crippen molar-refractivity contribution in [3.05, 3.63) is 75.7 Å². The second-order valence-electron chi connectivity index (χ2n) is 6.80. The minimum Gasteiger partial charge on any atom is -0.448 e. The smallest absolute Gasteiger partial charge is 0.339 e. The van der Waals surface area contributed by atoms with Crippen LogP contribution >= 0.6 is 23.2 Å². The van der Waals surface area contributed by atoms with Gasteiger partial charge in [-0.05, 0) is 30.7 Å². The number of carbonyl (C=O) groups is 2. The first-order chi connectivity index (χ1) is 13.9. The Labute approximate surface area is 177 Å². The van der Waals surface area contributed by atoms with Gasteiger partial charge in [-0.15, -0.1) is 0 Å². The Morgan fingerprint density at radius 1 is 1.24 bits per heavy atom. The van der Waals surface area contributed by atoms with Gasteiger partial charge in [0, 0.05) is 12.0 Å².